The molecule has 1 aliphatic heterocycles. The SMILES string of the molecule is CC1CCc2c(F)cccc2C1NC(=O)c1cnc2c(c1)NC(=O)CO2. The van der Waals surface area contributed by atoms with Crippen molar-refractivity contribution >= 4 is 17.5 Å². The highest BCUT2D eigenvalue weighted by molar-refractivity contribution is 5.99. The second-order valence-electron chi connectivity index (χ2n) is 6.69. The molecule has 0 saturated carbocycles. The van der Waals surface area contributed by atoms with Crippen molar-refractivity contribution in [3.8, 4) is 5.88 Å². The first-order chi connectivity index (χ1) is 12.5. The molecule has 2 amide bonds. The van der Waals surface area contributed by atoms with Gasteiger partial charge in [-0.25, -0.2) is 9.37 Å². The number of aromatic nitrogens is 1. The van der Waals surface area contributed by atoms with E-state index in [0.29, 0.717) is 29.1 Å². The molecule has 1 aromatic carbocycles. The second-order valence-corrected chi connectivity index (χ2v) is 6.69. The van der Waals surface area contributed by atoms with Gasteiger partial charge in [0.05, 0.1) is 11.6 Å². The average Bonchev–Trinajstić information content (AvgIpc) is 2.63. The van der Waals surface area contributed by atoms with Crippen LogP contribution in [-0.4, -0.2) is 23.4 Å². The molecule has 2 aromatic rings. The van der Waals surface area contributed by atoms with Gasteiger partial charge in [-0.15, -0.1) is 0 Å². The quantitative estimate of drug-likeness (QED) is 0.868. The average molecular weight is 355 g/mol. The summed E-state index contributed by atoms with van der Waals surface area (Å²) >= 11 is 0. The number of pyridine rings is 1. The molecular formula is C19H18FN3O3. The van der Waals surface area contributed by atoms with Crippen molar-refractivity contribution in [3.05, 3.63) is 53.0 Å². The van der Waals surface area contributed by atoms with Gasteiger partial charge < -0.3 is 15.4 Å². The summed E-state index contributed by atoms with van der Waals surface area (Å²) in [5.41, 5.74) is 2.17. The number of anilines is 1. The highest BCUT2D eigenvalue weighted by atomic mass is 19.1. The predicted molar refractivity (Wildman–Crippen MR) is 92.5 cm³/mol. The Bertz CT molecular complexity index is 900. The van der Waals surface area contributed by atoms with Gasteiger partial charge in [0.15, 0.2) is 6.61 Å². The summed E-state index contributed by atoms with van der Waals surface area (Å²) in [6.45, 7) is 1.95. The van der Waals surface area contributed by atoms with Crippen LogP contribution in [0.2, 0.25) is 0 Å². The Morgan fingerprint density at radius 3 is 3.12 bits per heavy atom. The van der Waals surface area contributed by atoms with Crippen molar-refractivity contribution in [2.24, 2.45) is 5.92 Å². The number of halogens is 1. The Morgan fingerprint density at radius 2 is 2.27 bits per heavy atom. The molecular weight excluding hydrogens is 337 g/mol. The molecule has 134 valence electrons. The predicted octanol–water partition coefficient (Wildman–Crippen LogP) is 2.61. The lowest BCUT2D eigenvalue weighted by atomic mass is 9.80. The summed E-state index contributed by atoms with van der Waals surface area (Å²) in [7, 11) is 0. The van der Waals surface area contributed by atoms with Crippen LogP contribution in [0, 0.1) is 11.7 Å². The van der Waals surface area contributed by atoms with Gasteiger partial charge in [-0.2, -0.15) is 0 Å². The van der Waals surface area contributed by atoms with Gasteiger partial charge in [-0.05, 0) is 42.0 Å². The highest BCUT2D eigenvalue weighted by Crippen LogP contribution is 2.35. The van der Waals surface area contributed by atoms with Crippen LogP contribution in [0.5, 0.6) is 5.88 Å². The fourth-order valence-corrected chi connectivity index (χ4v) is 3.52. The Labute approximate surface area is 149 Å². The van der Waals surface area contributed by atoms with E-state index in [9.17, 15) is 14.0 Å². The van der Waals surface area contributed by atoms with Crippen LogP contribution in [0.4, 0.5) is 10.1 Å². The minimum absolute atomic E-state index is 0.0898. The van der Waals surface area contributed by atoms with Crippen molar-refractivity contribution in [1.82, 2.24) is 10.3 Å². The summed E-state index contributed by atoms with van der Waals surface area (Å²) in [6, 6.07) is 6.24. The normalized spacial score (nSPS) is 21.1. The molecule has 0 spiro atoms. The van der Waals surface area contributed by atoms with E-state index in [2.05, 4.69) is 15.6 Å². The van der Waals surface area contributed by atoms with E-state index in [4.69, 9.17) is 4.74 Å². The molecule has 2 N–H and O–H groups in total. The van der Waals surface area contributed by atoms with Crippen LogP contribution >= 0.6 is 0 Å². The van der Waals surface area contributed by atoms with E-state index in [1.807, 2.05) is 13.0 Å². The number of rotatable bonds is 2. The molecule has 0 bridgehead atoms. The second kappa shape index (κ2) is 6.40. The molecule has 6 nitrogen and oxygen atoms in total. The van der Waals surface area contributed by atoms with Gasteiger partial charge in [0, 0.05) is 6.20 Å². The minimum atomic E-state index is -0.325. The summed E-state index contributed by atoms with van der Waals surface area (Å²) in [5.74, 6) is -0.373. The van der Waals surface area contributed by atoms with Crippen LogP contribution in [0.1, 0.15) is 40.9 Å². The Morgan fingerprint density at radius 1 is 1.42 bits per heavy atom. The minimum Gasteiger partial charge on any atom is -0.466 e. The van der Waals surface area contributed by atoms with Crippen LogP contribution in [0.25, 0.3) is 0 Å². The fourth-order valence-electron chi connectivity index (χ4n) is 3.52. The molecule has 2 unspecified atom stereocenters. The zero-order chi connectivity index (χ0) is 18.3. The molecule has 2 aliphatic rings. The number of amides is 2. The van der Waals surface area contributed by atoms with E-state index >= 15 is 0 Å². The molecule has 26 heavy (non-hydrogen) atoms. The van der Waals surface area contributed by atoms with Crippen LogP contribution in [-0.2, 0) is 11.2 Å². The zero-order valence-corrected chi connectivity index (χ0v) is 14.2. The number of carbonyl (C=O) groups is 2. The number of benzene rings is 1. The zero-order valence-electron chi connectivity index (χ0n) is 14.2. The lowest BCUT2D eigenvalue weighted by Crippen LogP contribution is -2.36. The smallest absolute Gasteiger partial charge is 0.262 e. The molecule has 4 rings (SSSR count). The fraction of sp³-hybridized carbons (Fsp3) is 0.316. The summed E-state index contributed by atoms with van der Waals surface area (Å²) in [6.07, 6.45) is 2.87. The highest BCUT2D eigenvalue weighted by Gasteiger charge is 2.30. The van der Waals surface area contributed by atoms with E-state index < -0.39 is 0 Å². The van der Waals surface area contributed by atoms with E-state index in [1.165, 1.54) is 18.3 Å². The molecule has 7 heteroatoms. The number of nitrogens with one attached hydrogen (secondary N) is 2. The van der Waals surface area contributed by atoms with E-state index in [-0.39, 0.29) is 36.2 Å². The van der Waals surface area contributed by atoms with Gasteiger partial charge in [0.25, 0.3) is 11.8 Å². The van der Waals surface area contributed by atoms with Gasteiger partial charge in [0.1, 0.15) is 11.5 Å². The van der Waals surface area contributed by atoms with Crippen molar-refractivity contribution < 1.29 is 18.7 Å². The number of hydrogen-bond donors (Lipinski definition) is 2. The van der Waals surface area contributed by atoms with Crippen LogP contribution in [0.3, 0.4) is 0 Å². The molecule has 0 fully saturated rings. The van der Waals surface area contributed by atoms with Crippen molar-refractivity contribution in [2.45, 2.75) is 25.8 Å². The van der Waals surface area contributed by atoms with Crippen molar-refractivity contribution in [3.63, 3.8) is 0 Å². The Kier molecular flexibility index (Phi) is 4.06. The first kappa shape index (κ1) is 16.5. The Balaban J connectivity index is 1.60. The molecule has 1 aromatic heterocycles. The molecule has 1 aliphatic carbocycles. The largest absolute Gasteiger partial charge is 0.466 e. The maximum atomic E-state index is 14.1. The molecule has 0 radical (unpaired) electrons. The summed E-state index contributed by atoms with van der Waals surface area (Å²) in [4.78, 5) is 28.2. The topological polar surface area (TPSA) is 80.3 Å². The molecule has 2 heterocycles. The summed E-state index contributed by atoms with van der Waals surface area (Å²) in [5, 5.41) is 5.62. The number of fused-ring (bicyclic) bond motifs is 2. The summed E-state index contributed by atoms with van der Waals surface area (Å²) < 4.78 is 19.3. The van der Waals surface area contributed by atoms with Gasteiger partial charge in [-0.1, -0.05) is 19.1 Å². The standard InChI is InChI=1S/C19H18FN3O3/c1-10-5-6-12-13(3-2-4-14(12)20)17(10)23-18(25)11-7-15-19(21-8-11)26-9-16(24)22-15/h2-4,7-8,10,17H,5-6,9H2,1H3,(H,22,24)(H,23,25). The monoisotopic (exact) mass is 355 g/mol. The van der Waals surface area contributed by atoms with E-state index in [0.717, 1.165) is 12.0 Å². The van der Waals surface area contributed by atoms with Crippen LogP contribution < -0.4 is 15.4 Å². The van der Waals surface area contributed by atoms with Crippen molar-refractivity contribution in [2.75, 3.05) is 11.9 Å². The first-order valence-corrected chi connectivity index (χ1v) is 8.54. The maximum Gasteiger partial charge on any atom is 0.262 e. The lowest BCUT2D eigenvalue weighted by molar-refractivity contribution is -0.118. The third kappa shape index (κ3) is 2.89. The van der Waals surface area contributed by atoms with Gasteiger partial charge >= 0.3 is 0 Å². The van der Waals surface area contributed by atoms with Gasteiger partial charge in [-0.3, -0.25) is 9.59 Å². The Hall–Kier alpha value is -2.96. The molecule has 2 atom stereocenters. The van der Waals surface area contributed by atoms with Crippen molar-refractivity contribution in [1.29, 1.82) is 0 Å². The number of nitrogens with zero attached hydrogens (tertiary/aromatic N) is 1. The number of hydrogen-bond acceptors (Lipinski definition) is 4. The van der Waals surface area contributed by atoms with Crippen LogP contribution in [0.15, 0.2) is 30.5 Å². The van der Waals surface area contributed by atoms with Gasteiger partial charge in [0.2, 0.25) is 5.88 Å². The number of ether oxygens (including phenoxy) is 1. The molecule has 0 saturated heterocycles. The number of carbonyl (C=O) groups excluding carboxylic acids is 2. The maximum absolute atomic E-state index is 14.1. The third-order valence-corrected chi connectivity index (χ3v) is 4.92. The van der Waals surface area contributed by atoms with E-state index in [1.54, 1.807) is 6.07 Å². The first-order valence-electron chi connectivity index (χ1n) is 8.54. The lowest BCUT2D eigenvalue weighted by Gasteiger charge is -2.32. The third-order valence-electron chi connectivity index (χ3n) is 4.92.